The van der Waals surface area contributed by atoms with E-state index in [0.29, 0.717) is 26.1 Å². The Morgan fingerprint density at radius 3 is 2.56 bits per heavy atom. The molecule has 34 heavy (non-hydrogen) atoms. The molecule has 0 bridgehead atoms. The molecule has 2 heterocycles. The summed E-state index contributed by atoms with van der Waals surface area (Å²) in [5.41, 5.74) is 2.46. The first-order valence-electron chi connectivity index (χ1n) is 12.3. The van der Waals surface area contributed by atoms with Gasteiger partial charge in [-0.25, -0.2) is 13.4 Å². The van der Waals surface area contributed by atoms with Gasteiger partial charge in [-0.1, -0.05) is 52.0 Å². The van der Waals surface area contributed by atoms with Crippen LogP contribution in [0, 0.1) is 18.8 Å². The van der Waals surface area contributed by atoms with Crippen molar-refractivity contribution in [2.75, 3.05) is 13.2 Å². The SMILES string of the molecule is Cc1ccccc1CS(=O)(=O)c1ncc(CN(C[C@@H]2CCCO2)C(=O)CC(C)C)n1CC(C)C. The summed E-state index contributed by atoms with van der Waals surface area (Å²) in [5.74, 6) is 0.427. The van der Waals surface area contributed by atoms with Gasteiger partial charge in [0.25, 0.3) is 0 Å². The van der Waals surface area contributed by atoms with Gasteiger partial charge in [0.1, 0.15) is 0 Å². The number of aryl methyl sites for hydroxylation is 1. The molecule has 1 aliphatic rings. The Bertz CT molecular complexity index is 1070. The summed E-state index contributed by atoms with van der Waals surface area (Å²) >= 11 is 0. The predicted molar refractivity (Wildman–Crippen MR) is 133 cm³/mol. The molecule has 0 radical (unpaired) electrons. The summed E-state index contributed by atoms with van der Waals surface area (Å²) in [4.78, 5) is 19.3. The molecule has 188 valence electrons. The van der Waals surface area contributed by atoms with Gasteiger partial charge in [-0.05, 0) is 42.7 Å². The minimum absolute atomic E-state index is 0.0295. The van der Waals surface area contributed by atoms with Gasteiger partial charge in [0.15, 0.2) is 0 Å². The summed E-state index contributed by atoms with van der Waals surface area (Å²) in [6, 6.07) is 7.52. The van der Waals surface area contributed by atoms with Crippen molar-refractivity contribution in [1.82, 2.24) is 14.5 Å². The van der Waals surface area contributed by atoms with Crippen LogP contribution in [0.25, 0.3) is 0 Å². The first-order valence-corrected chi connectivity index (χ1v) is 13.9. The van der Waals surface area contributed by atoms with E-state index < -0.39 is 9.84 Å². The van der Waals surface area contributed by atoms with E-state index in [4.69, 9.17) is 4.74 Å². The van der Waals surface area contributed by atoms with Crippen molar-refractivity contribution in [2.24, 2.45) is 11.8 Å². The number of rotatable bonds is 11. The van der Waals surface area contributed by atoms with Crippen molar-refractivity contribution in [3.8, 4) is 0 Å². The average molecular weight is 490 g/mol. The van der Waals surface area contributed by atoms with Gasteiger partial charge in [0, 0.05) is 26.1 Å². The number of hydrogen-bond donors (Lipinski definition) is 0. The first kappa shape index (κ1) is 26.4. The lowest BCUT2D eigenvalue weighted by Crippen LogP contribution is -2.38. The van der Waals surface area contributed by atoms with Gasteiger partial charge in [-0.15, -0.1) is 0 Å². The zero-order valence-corrected chi connectivity index (χ0v) is 22.0. The van der Waals surface area contributed by atoms with Crippen molar-refractivity contribution in [2.45, 2.75) is 84.0 Å². The van der Waals surface area contributed by atoms with Crippen LogP contribution in [0.5, 0.6) is 0 Å². The van der Waals surface area contributed by atoms with Crippen LogP contribution in [-0.4, -0.2) is 48.0 Å². The fraction of sp³-hybridized carbons (Fsp3) is 0.615. The van der Waals surface area contributed by atoms with Gasteiger partial charge < -0.3 is 14.2 Å². The fourth-order valence-electron chi connectivity index (χ4n) is 4.33. The summed E-state index contributed by atoms with van der Waals surface area (Å²) in [6.07, 6.45) is 4.04. The minimum atomic E-state index is -3.66. The second-order valence-electron chi connectivity index (χ2n) is 10.2. The molecule has 0 spiro atoms. The summed E-state index contributed by atoms with van der Waals surface area (Å²) in [5, 5.41) is 0.0767. The quantitative estimate of drug-likeness (QED) is 0.468. The van der Waals surface area contributed by atoms with Gasteiger partial charge in [0.2, 0.25) is 20.9 Å². The number of sulfone groups is 1. The van der Waals surface area contributed by atoms with Crippen LogP contribution < -0.4 is 0 Å². The van der Waals surface area contributed by atoms with E-state index in [1.54, 1.807) is 10.8 Å². The number of amides is 1. The molecule has 0 unspecified atom stereocenters. The topological polar surface area (TPSA) is 81.5 Å². The molecule has 1 atom stereocenters. The van der Waals surface area contributed by atoms with Crippen molar-refractivity contribution >= 4 is 15.7 Å². The summed E-state index contributed by atoms with van der Waals surface area (Å²) in [7, 11) is -3.66. The Hall–Kier alpha value is -2.19. The van der Waals surface area contributed by atoms with Crippen LogP contribution in [0.4, 0.5) is 0 Å². The van der Waals surface area contributed by atoms with Crippen molar-refractivity contribution in [3.63, 3.8) is 0 Å². The van der Waals surface area contributed by atoms with Crippen LogP contribution in [-0.2, 0) is 38.2 Å². The number of imidazole rings is 1. The zero-order chi connectivity index (χ0) is 24.9. The van der Waals surface area contributed by atoms with E-state index in [0.717, 1.165) is 36.3 Å². The van der Waals surface area contributed by atoms with E-state index in [2.05, 4.69) is 18.8 Å². The Balaban J connectivity index is 1.92. The highest BCUT2D eigenvalue weighted by Crippen LogP contribution is 2.23. The molecule has 8 heteroatoms. The number of carbonyl (C=O) groups is 1. The molecule has 0 N–H and O–H groups in total. The number of benzene rings is 1. The van der Waals surface area contributed by atoms with Gasteiger partial charge >= 0.3 is 0 Å². The molecular weight excluding hydrogens is 450 g/mol. The predicted octanol–water partition coefficient (Wildman–Crippen LogP) is 4.38. The monoisotopic (exact) mass is 489 g/mol. The maximum atomic E-state index is 13.4. The maximum absolute atomic E-state index is 13.4. The molecule has 1 amide bonds. The first-order chi connectivity index (χ1) is 16.1. The number of nitrogens with zero attached hydrogens (tertiary/aromatic N) is 3. The van der Waals surface area contributed by atoms with Crippen molar-refractivity contribution in [1.29, 1.82) is 0 Å². The molecule has 1 aliphatic heterocycles. The molecule has 0 saturated carbocycles. The maximum Gasteiger partial charge on any atom is 0.228 e. The molecule has 0 aliphatic carbocycles. The number of aromatic nitrogens is 2. The minimum Gasteiger partial charge on any atom is -0.376 e. The van der Waals surface area contributed by atoms with Gasteiger partial charge in [0.05, 0.1) is 30.3 Å². The number of ether oxygens (including phenoxy) is 1. The molecular formula is C26H39N3O4S. The van der Waals surface area contributed by atoms with Gasteiger partial charge in [-0.3, -0.25) is 4.79 Å². The average Bonchev–Trinajstić information content (AvgIpc) is 3.39. The standard InChI is InChI=1S/C26H39N3O4S/c1-19(2)13-25(30)28(17-24-11-8-12-33-24)16-23-14-27-26(29(23)15-20(3)4)34(31,32)18-22-10-7-6-9-21(22)5/h6-7,9-10,14,19-20,24H,8,11-13,15-18H2,1-5H3/t24-/m0/s1. The summed E-state index contributed by atoms with van der Waals surface area (Å²) in [6.45, 7) is 12.2. The Kier molecular flexibility index (Phi) is 8.93. The van der Waals surface area contributed by atoms with E-state index in [1.807, 2.05) is 49.9 Å². The molecule has 1 aromatic carbocycles. The zero-order valence-electron chi connectivity index (χ0n) is 21.2. The van der Waals surface area contributed by atoms with Crippen molar-refractivity contribution in [3.05, 3.63) is 47.3 Å². The van der Waals surface area contributed by atoms with Crippen LogP contribution in [0.3, 0.4) is 0 Å². The Labute approximate surface area is 204 Å². The van der Waals surface area contributed by atoms with E-state index in [1.165, 1.54) is 0 Å². The largest absolute Gasteiger partial charge is 0.376 e. The Morgan fingerprint density at radius 2 is 1.94 bits per heavy atom. The second kappa shape index (κ2) is 11.5. The lowest BCUT2D eigenvalue weighted by molar-refractivity contribution is -0.134. The van der Waals surface area contributed by atoms with Crippen LogP contribution >= 0.6 is 0 Å². The van der Waals surface area contributed by atoms with E-state index in [-0.39, 0.29) is 34.8 Å². The molecule has 1 aromatic heterocycles. The molecule has 3 rings (SSSR count). The molecule has 1 saturated heterocycles. The smallest absolute Gasteiger partial charge is 0.228 e. The highest BCUT2D eigenvalue weighted by molar-refractivity contribution is 7.90. The fourth-order valence-corrected chi connectivity index (χ4v) is 5.93. The normalized spacial score (nSPS) is 16.5. The summed E-state index contributed by atoms with van der Waals surface area (Å²) < 4.78 is 34.4. The van der Waals surface area contributed by atoms with E-state index >= 15 is 0 Å². The number of hydrogen-bond acceptors (Lipinski definition) is 5. The molecule has 1 fully saturated rings. The highest BCUT2D eigenvalue weighted by atomic mass is 32.2. The van der Waals surface area contributed by atoms with Crippen LogP contribution in [0.15, 0.2) is 35.6 Å². The number of carbonyl (C=O) groups excluding carboxylic acids is 1. The highest BCUT2D eigenvalue weighted by Gasteiger charge is 2.28. The third-order valence-corrected chi connectivity index (χ3v) is 7.64. The molecule has 2 aromatic rings. The second-order valence-corrected chi connectivity index (χ2v) is 12.1. The molecule has 7 nitrogen and oxygen atoms in total. The third kappa shape index (κ3) is 6.92. The van der Waals surface area contributed by atoms with E-state index in [9.17, 15) is 13.2 Å². The third-order valence-electron chi connectivity index (χ3n) is 6.07. The lowest BCUT2D eigenvalue weighted by atomic mass is 10.1. The Morgan fingerprint density at radius 1 is 1.21 bits per heavy atom. The van der Waals surface area contributed by atoms with Crippen LogP contribution in [0.1, 0.15) is 63.8 Å². The van der Waals surface area contributed by atoms with Crippen LogP contribution in [0.2, 0.25) is 0 Å². The lowest BCUT2D eigenvalue weighted by Gasteiger charge is -2.27. The van der Waals surface area contributed by atoms with Gasteiger partial charge in [-0.2, -0.15) is 0 Å². The van der Waals surface area contributed by atoms with Crippen molar-refractivity contribution < 1.29 is 17.9 Å².